The van der Waals surface area contributed by atoms with Gasteiger partial charge in [-0.15, -0.1) is 0 Å². The van der Waals surface area contributed by atoms with E-state index < -0.39 is 5.97 Å². The number of aryl methyl sites for hydroxylation is 1. The third kappa shape index (κ3) is 4.05. The van der Waals surface area contributed by atoms with Crippen molar-refractivity contribution in [1.82, 2.24) is 9.55 Å². The SMILES string of the molecule is CCOC(=O)c1cc(NC(=O)/C=C\c2cccnc2)cn1C. The summed E-state index contributed by atoms with van der Waals surface area (Å²) in [6, 6.07) is 5.21. The van der Waals surface area contributed by atoms with E-state index in [4.69, 9.17) is 4.74 Å². The van der Waals surface area contributed by atoms with Crippen LogP contribution < -0.4 is 5.32 Å². The van der Waals surface area contributed by atoms with Crippen molar-refractivity contribution in [2.75, 3.05) is 11.9 Å². The van der Waals surface area contributed by atoms with E-state index in [0.717, 1.165) is 5.56 Å². The lowest BCUT2D eigenvalue weighted by atomic mass is 10.2. The van der Waals surface area contributed by atoms with Gasteiger partial charge in [0.1, 0.15) is 5.69 Å². The summed E-state index contributed by atoms with van der Waals surface area (Å²) in [6.07, 6.45) is 8.05. The van der Waals surface area contributed by atoms with Crippen molar-refractivity contribution >= 4 is 23.6 Å². The van der Waals surface area contributed by atoms with Gasteiger partial charge in [0, 0.05) is 31.7 Å². The van der Waals surface area contributed by atoms with Gasteiger partial charge in [0.2, 0.25) is 5.91 Å². The number of hydrogen-bond acceptors (Lipinski definition) is 4. The molecule has 0 aliphatic heterocycles. The van der Waals surface area contributed by atoms with Gasteiger partial charge in [-0.1, -0.05) is 6.07 Å². The van der Waals surface area contributed by atoms with E-state index in [0.29, 0.717) is 18.0 Å². The quantitative estimate of drug-likeness (QED) is 0.679. The summed E-state index contributed by atoms with van der Waals surface area (Å²) in [6.45, 7) is 2.05. The monoisotopic (exact) mass is 299 g/mol. The Labute approximate surface area is 128 Å². The number of amides is 1. The number of carbonyl (C=O) groups excluding carboxylic acids is 2. The van der Waals surface area contributed by atoms with Crippen molar-refractivity contribution in [2.24, 2.45) is 7.05 Å². The number of hydrogen-bond donors (Lipinski definition) is 1. The Hall–Kier alpha value is -2.89. The summed E-state index contributed by atoms with van der Waals surface area (Å²) in [5.41, 5.74) is 1.75. The summed E-state index contributed by atoms with van der Waals surface area (Å²) in [4.78, 5) is 27.5. The van der Waals surface area contributed by atoms with E-state index in [-0.39, 0.29) is 5.91 Å². The highest BCUT2D eigenvalue weighted by atomic mass is 16.5. The highest BCUT2D eigenvalue weighted by molar-refractivity contribution is 6.02. The Balaban J connectivity index is 2.02. The molecule has 2 aromatic rings. The van der Waals surface area contributed by atoms with Crippen LogP contribution in [0.2, 0.25) is 0 Å². The molecule has 0 radical (unpaired) electrons. The molecule has 6 heteroatoms. The Kier molecular flexibility index (Phi) is 5.08. The first-order chi connectivity index (χ1) is 10.6. The van der Waals surface area contributed by atoms with Crippen LogP contribution in [0.5, 0.6) is 0 Å². The fourth-order valence-electron chi connectivity index (χ4n) is 1.87. The van der Waals surface area contributed by atoms with Crippen molar-refractivity contribution < 1.29 is 14.3 Å². The Morgan fingerprint density at radius 3 is 2.95 bits per heavy atom. The molecule has 2 heterocycles. The molecule has 0 aliphatic carbocycles. The highest BCUT2D eigenvalue weighted by Crippen LogP contribution is 2.14. The first-order valence-corrected chi connectivity index (χ1v) is 6.82. The maximum absolute atomic E-state index is 11.9. The first kappa shape index (κ1) is 15.5. The first-order valence-electron chi connectivity index (χ1n) is 6.82. The van der Waals surface area contributed by atoms with Gasteiger partial charge in [0.25, 0.3) is 0 Å². The van der Waals surface area contributed by atoms with E-state index in [1.807, 2.05) is 6.07 Å². The third-order valence-electron chi connectivity index (χ3n) is 2.87. The van der Waals surface area contributed by atoms with Gasteiger partial charge in [-0.05, 0) is 30.7 Å². The zero-order valence-electron chi connectivity index (χ0n) is 12.4. The van der Waals surface area contributed by atoms with Crippen LogP contribution in [0.15, 0.2) is 42.9 Å². The van der Waals surface area contributed by atoms with Crippen LogP contribution in [0.1, 0.15) is 23.0 Å². The van der Waals surface area contributed by atoms with Gasteiger partial charge in [0.05, 0.1) is 12.3 Å². The number of ether oxygens (including phenoxy) is 1. The Morgan fingerprint density at radius 2 is 2.27 bits per heavy atom. The number of nitrogens with zero attached hydrogens (tertiary/aromatic N) is 2. The second-order valence-electron chi connectivity index (χ2n) is 4.55. The van der Waals surface area contributed by atoms with E-state index in [2.05, 4.69) is 10.3 Å². The average molecular weight is 299 g/mol. The van der Waals surface area contributed by atoms with Gasteiger partial charge < -0.3 is 14.6 Å². The number of nitrogens with one attached hydrogen (secondary N) is 1. The predicted octanol–water partition coefficient (Wildman–Crippen LogP) is 2.25. The third-order valence-corrected chi connectivity index (χ3v) is 2.87. The van der Waals surface area contributed by atoms with Crippen molar-refractivity contribution in [3.63, 3.8) is 0 Å². The normalized spacial score (nSPS) is 10.6. The average Bonchev–Trinajstić information content (AvgIpc) is 2.87. The lowest BCUT2D eigenvalue weighted by Gasteiger charge is -2.01. The van der Waals surface area contributed by atoms with Crippen LogP contribution >= 0.6 is 0 Å². The van der Waals surface area contributed by atoms with Crippen molar-refractivity contribution in [2.45, 2.75) is 6.92 Å². The largest absolute Gasteiger partial charge is 0.461 e. The van der Waals surface area contributed by atoms with Gasteiger partial charge >= 0.3 is 5.97 Å². The number of esters is 1. The molecule has 0 saturated heterocycles. The smallest absolute Gasteiger partial charge is 0.355 e. The zero-order valence-corrected chi connectivity index (χ0v) is 12.4. The minimum atomic E-state index is -0.420. The summed E-state index contributed by atoms with van der Waals surface area (Å²) in [5, 5.41) is 2.70. The summed E-state index contributed by atoms with van der Waals surface area (Å²) < 4.78 is 6.55. The molecule has 1 amide bonds. The highest BCUT2D eigenvalue weighted by Gasteiger charge is 2.13. The Morgan fingerprint density at radius 1 is 1.45 bits per heavy atom. The molecular weight excluding hydrogens is 282 g/mol. The molecule has 1 N–H and O–H groups in total. The number of pyridine rings is 1. The molecule has 0 bridgehead atoms. The number of carbonyl (C=O) groups is 2. The molecule has 0 aromatic carbocycles. The van der Waals surface area contributed by atoms with Crippen LogP contribution in [-0.4, -0.2) is 28.0 Å². The molecule has 2 aromatic heterocycles. The van der Waals surface area contributed by atoms with Crippen molar-refractivity contribution in [3.8, 4) is 0 Å². The van der Waals surface area contributed by atoms with E-state index in [9.17, 15) is 9.59 Å². The van der Waals surface area contributed by atoms with Crippen LogP contribution in [-0.2, 0) is 16.6 Å². The summed E-state index contributed by atoms with van der Waals surface area (Å²) >= 11 is 0. The molecular formula is C16H17N3O3. The molecule has 0 atom stereocenters. The molecule has 2 rings (SSSR count). The molecule has 114 valence electrons. The Bertz CT molecular complexity index is 690. The fraction of sp³-hybridized carbons (Fsp3) is 0.188. The second kappa shape index (κ2) is 7.21. The van der Waals surface area contributed by atoms with Crippen LogP contribution in [0.25, 0.3) is 6.08 Å². The second-order valence-corrected chi connectivity index (χ2v) is 4.55. The standard InChI is InChI=1S/C16H17N3O3/c1-3-22-16(21)14-9-13(11-19(14)2)18-15(20)7-6-12-5-4-8-17-10-12/h4-11H,3H2,1-2H3,(H,18,20)/b7-6-. The van der Waals surface area contributed by atoms with Gasteiger partial charge in [-0.3, -0.25) is 9.78 Å². The summed E-state index contributed by atoms with van der Waals surface area (Å²) in [5.74, 6) is -0.707. The molecule has 0 saturated carbocycles. The minimum Gasteiger partial charge on any atom is -0.461 e. The fourth-order valence-corrected chi connectivity index (χ4v) is 1.87. The topological polar surface area (TPSA) is 73.2 Å². The molecule has 0 spiro atoms. The van der Waals surface area contributed by atoms with Crippen LogP contribution in [0.4, 0.5) is 5.69 Å². The maximum Gasteiger partial charge on any atom is 0.355 e. The number of aromatic nitrogens is 2. The van der Waals surface area contributed by atoms with E-state index in [1.165, 1.54) is 6.08 Å². The van der Waals surface area contributed by atoms with Crippen molar-refractivity contribution in [1.29, 1.82) is 0 Å². The molecule has 22 heavy (non-hydrogen) atoms. The predicted molar refractivity (Wildman–Crippen MR) is 83.3 cm³/mol. The number of anilines is 1. The van der Waals surface area contributed by atoms with Gasteiger partial charge in [-0.2, -0.15) is 0 Å². The molecule has 0 aliphatic rings. The zero-order chi connectivity index (χ0) is 15.9. The molecule has 6 nitrogen and oxygen atoms in total. The molecule has 0 unspecified atom stereocenters. The number of rotatable bonds is 5. The maximum atomic E-state index is 11.9. The summed E-state index contributed by atoms with van der Waals surface area (Å²) in [7, 11) is 1.72. The van der Waals surface area contributed by atoms with E-state index >= 15 is 0 Å². The van der Waals surface area contributed by atoms with Crippen molar-refractivity contribution in [3.05, 3.63) is 54.1 Å². The van der Waals surface area contributed by atoms with Gasteiger partial charge in [0.15, 0.2) is 0 Å². The van der Waals surface area contributed by atoms with Crippen LogP contribution in [0, 0.1) is 0 Å². The van der Waals surface area contributed by atoms with E-state index in [1.54, 1.807) is 55.3 Å². The minimum absolute atomic E-state index is 0.287. The van der Waals surface area contributed by atoms with Crippen LogP contribution in [0.3, 0.4) is 0 Å². The lowest BCUT2D eigenvalue weighted by Crippen LogP contribution is -2.09. The lowest BCUT2D eigenvalue weighted by molar-refractivity contribution is -0.111. The van der Waals surface area contributed by atoms with Gasteiger partial charge in [-0.25, -0.2) is 4.79 Å². The molecule has 0 fully saturated rings.